The molecule has 4 aromatic rings. The lowest BCUT2D eigenvalue weighted by Crippen LogP contribution is -2.54. The highest BCUT2D eigenvalue weighted by Gasteiger charge is 2.39. The van der Waals surface area contributed by atoms with Crippen molar-refractivity contribution >= 4 is 51.2 Å². The first-order valence-corrected chi connectivity index (χ1v) is 16.4. The zero-order valence-electron chi connectivity index (χ0n) is 25.0. The van der Waals surface area contributed by atoms with Crippen LogP contribution in [0.25, 0.3) is 10.2 Å². The summed E-state index contributed by atoms with van der Waals surface area (Å²) < 4.78 is 21.2. The number of hydrogen-bond donors (Lipinski definition) is 3. The largest absolute Gasteiger partial charge is 0.434 e. The van der Waals surface area contributed by atoms with Gasteiger partial charge in [-0.2, -0.15) is 0 Å². The van der Waals surface area contributed by atoms with Gasteiger partial charge in [0.05, 0.1) is 40.1 Å². The number of aliphatic hydroxyl groups excluding tert-OH is 1. The number of carbonyl (C=O) groups is 2. The third-order valence-electron chi connectivity index (χ3n) is 7.66. The maximum absolute atomic E-state index is 13.8. The van der Waals surface area contributed by atoms with Gasteiger partial charge in [0, 0.05) is 29.9 Å². The molecular weight excluding hydrogens is 618 g/mol. The Morgan fingerprint density at radius 3 is 2.73 bits per heavy atom. The number of aromatic nitrogens is 1. The molecular formula is C32H36FN5O5S2. The number of hydrogen-bond acceptors (Lipinski definition) is 10. The number of carbonyl (C=O) groups excluding carboxylic acids is 2. The van der Waals surface area contributed by atoms with Gasteiger partial charge in [0.2, 0.25) is 0 Å². The standard InChI is InChI=1S/C32H36FN5O5S2/c1-3-21(2)17-36(38(42)45-25-12-13-26-30(16-25)44-20-34-26)18-28(39)27(14-22-8-5-4-6-9-22)35-31(40)29-19-37(32(41)43-29)24-11-7-10-23(33)15-24/h4-13,15-16,20-21,27-29,39,42H,3,14,17-19H2,1-2H3,(H,35,40). The van der Waals surface area contributed by atoms with Gasteiger partial charge in [-0.1, -0.05) is 61.2 Å². The Hall–Kier alpha value is -3.59. The number of hydrazine groups is 1. The SMILES string of the molecule is CCC(C)CN(CC(O)C(Cc1ccccc1)NC(=O)C1CN(c2cccc(F)c2)C(=O)O1)N(O)Sc1ccc2ncsc2c1. The number of amides is 2. The van der Waals surface area contributed by atoms with Crippen LogP contribution < -0.4 is 10.2 Å². The van der Waals surface area contributed by atoms with Crippen LogP contribution in [-0.4, -0.2) is 74.8 Å². The summed E-state index contributed by atoms with van der Waals surface area (Å²) in [6.07, 6.45) is -1.88. The van der Waals surface area contributed by atoms with E-state index in [1.807, 2.05) is 48.5 Å². The fraction of sp³-hybridized carbons (Fsp3) is 0.344. The van der Waals surface area contributed by atoms with Crippen molar-refractivity contribution in [1.29, 1.82) is 0 Å². The van der Waals surface area contributed by atoms with Crippen LogP contribution in [0.2, 0.25) is 0 Å². The van der Waals surface area contributed by atoms with Crippen LogP contribution in [0, 0.1) is 11.7 Å². The number of rotatable bonds is 14. The molecule has 0 bridgehead atoms. The van der Waals surface area contributed by atoms with E-state index in [1.165, 1.54) is 34.4 Å². The number of nitrogens with one attached hydrogen (secondary N) is 1. The highest BCUT2D eigenvalue weighted by molar-refractivity contribution is 7.96. The lowest BCUT2D eigenvalue weighted by Gasteiger charge is -2.34. The molecule has 45 heavy (non-hydrogen) atoms. The van der Waals surface area contributed by atoms with Gasteiger partial charge in [0.1, 0.15) is 5.82 Å². The Morgan fingerprint density at radius 1 is 1.18 bits per heavy atom. The van der Waals surface area contributed by atoms with Crippen molar-refractivity contribution < 1.29 is 29.0 Å². The summed E-state index contributed by atoms with van der Waals surface area (Å²) >= 11 is 2.63. The van der Waals surface area contributed by atoms with Crippen LogP contribution in [0.4, 0.5) is 14.9 Å². The summed E-state index contributed by atoms with van der Waals surface area (Å²) in [6, 6.07) is 19.9. The molecule has 1 aromatic heterocycles. The summed E-state index contributed by atoms with van der Waals surface area (Å²) in [6.45, 7) is 4.47. The number of nitrogens with zero attached hydrogens (tertiary/aromatic N) is 4. The predicted molar refractivity (Wildman–Crippen MR) is 172 cm³/mol. The molecule has 3 N–H and O–H groups in total. The molecule has 4 unspecified atom stereocenters. The van der Waals surface area contributed by atoms with E-state index >= 15 is 0 Å². The minimum absolute atomic E-state index is 0.00823. The Morgan fingerprint density at radius 2 is 1.98 bits per heavy atom. The molecule has 1 aliphatic rings. The van der Waals surface area contributed by atoms with Gasteiger partial charge in [0.15, 0.2) is 6.10 Å². The number of ether oxygens (including phenoxy) is 1. The van der Waals surface area contributed by atoms with Crippen LogP contribution in [0.5, 0.6) is 0 Å². The van der Waals surface area contributed by atoms with Crippen LogP contribution in [0.15, 0.2) is 83.2 Å². The molecule has 0 saturated carbocycles. The first-order chi connectivity index (χ1) is 21.7. The Balaban J connectivity index is 1.31. The molecule has 2 amide bonds. The maximum atomic E-state index is 13.8. The molecule has 0 spiro atoms. The fourth-order valence-electron chi connectivity index (χ4n) is 4.97. The summed E-state index contributed by atoms with van der Waals surface area (Å²) in [4.78, 5) is 32.3. The van der Waals surface area contributed by atoms with Gasteiger partial charge >= 0.3 is 6.09 Å². The number of aliphatic hydroxyl groups is 1. The third-order valence-corrected chi connectivity index (χ3v) is 9.31. The summed E-state index contributed by atoms with van der Waals surface area (Å²) in [5.74, 6) is -0.893. The summed E-state index contributed by atoms with van der Waals surface area (Å²) in [5, 5.41) is 27.3. The minimum Gasteiger partial charge on any atom is -0.434 e. The van der Waals surface area contributed by atoms with E-state index in [-0.39, 0.29) is 24.7 Å². The van der Waals surface area contributed by atoms with Crippen molar-refractivity contribution in [2.24, 2.45) is 5.92 Å². The molecule has 1 aliphatic heterocycles. The average Bonchev–Trinajstić information content (AvgIpc) is 3.67. The second kappa shape index (κ2) is 15.1. The molecule has 2 heterocycles. The zero-order valence-corrected chi connectivity index (χ0v) is 26.6. The molecule has 0 aliphatic carbocycles. The van der Waals surface area contributed by atoms with Crippen molar-refractivity contribution in [2.75, 3.05) is 24.5 Å². The van der Waals surface area contributed by atoms with Gasteiger partial charge < -0.3 is 15.2 Å². The first-order valence-electron chi connectivity index (χ1n) is 14.7. The van der Waals surface area contributed by atoms with E-state index in [4.69, 9.17) is 4.74 Å². The fourth-order valence-corrected chi connectivity index (χ4v) is 6.50. The second-order valence-corrected chi connectivity index (χ2v) is 12.9. The minimum atomic E-state index is -1.16. The van der Waals surface area contributed by atoms with Gasteiger partial charge in [-0.3, -0.25) is 14.9 Å². The number of anilines is 1. The number of benzene rings is 3. The van der Waals surface area contributed by atoms with Crippen molar-refractivity contribution in [2.45, 2.75) is 49.8 Å². The Kier molecular flexibility index (Phi) is 11.0. The van der Waals surface area contributed by atoms with Crippen molar-refractivity contribution in [3.8, 4) is 0 Å². The van der Waals surface area contributed by atoms with E-state index < -0.39 is 36.1 Å². The Labute approximate surface area is 269 Å². The molecule has 13 heteroatoms. The van der Waals surface area contributed by atoms with Crippen molar-refractivity contribution in [3.63, 3.8) is 0 Å². The topological polar surface area (TPSA) is 118 Å². The van der Waals surface area contributed by atoms with Crippen molar-refractivity contribution in [3.05, 3.63) is 89.7 Å². The summed E-state index contributed by atoms with van der Waals surface area (Å²) in [7, 11) is 0. The summed E-state index contributed by atoms with van der Waals surface area (Å²) in [5.41, 5.74) is 3.82. The van der Waals surface area contributed by atoms with E-state index in [0.29, 0.717) is 13.0 Å². The van der Waals surface area contributed by atoms with Gasteiger partial charge in [0.25, 0.3) is 5.91 Å². The molecule has 3 aromatic carbocycles. The molecule has 5 rings (SSSR count). The average molecular weight is 654 g/mol. The third kappa shape index (κ3) is 8.57. The molecule has 10 nitrogen and oxygen atoms in total. The lowest BCUT2D eigenvalue weighted by atomic mass is 10.00. The van der Waals surface area contributed by atoms with Crippen LogP contribution in [0.1, 0.15) is 25.8 Å². The van der Waals surface area contributed by atoms with Gasteiger partial charge in [-0.15, -0.1) is 11.3 Å². The van der Waals surface area contributed by atoms with Gasteiger partial charge in [-0.25, -0.2) is 19.2 Å². The monoisotopic (exact) mass is 653 g/mol. The second-order valence-electron chi connectivity index (χ2n) is 11.0. The van der Waals surface area contributed by atoms with Crippen LogP contribution in [-0.2, 0) is 16.0 Å². The highest BCUT2D eigenvalue weighted by atomic mass is 32.2. The molecule has 0 radical (unpaired) electrons. The van der Waals surface area contributed by atoms with Crippen LogP contribution >= 0.6 is 23.3 Å². The lowest BCUT2D eigenvalue weighted by molar-refractivity contribution is -0.174. The quantitative estimate of drug-likeness (QED) is 0.120. The Bertz CT molecular complexity index is 1590. The molecule has 1 fully saturated rings. The maximum Gasteiger partial charge on any atom is 0.415 e. The zero-order chi connectivity index (χ0) is 31.9. The number of thiazole rings is 1. The predicted octanol–water partition coefficient (Wildman–Crippen LogP) is 5.51. The van der Waals surface area contributed by atoms with Crippen LogP contribution in [0.3, 0.4) is 0 Å². The van der Waals surface area contributed by atoms with E-state index in [0.717, 1.165) is 43.6 Å². The molecule has 4 atom stereocenters. The van der Waals surface area contributed by atoms with E-state index in [9.17, 15) is 24.3 Å². The van der Waals surface area contributed by atoms with Crippen molar-refractivity contribution in [1.82, 2.24) is 19.9 Å². The van der Waals surface area contributed by atoms with E-state index in [2.05, 4.69) is 24.1 Å². The number of cyclic esters (lactones) is 1. The highest BCUT2D eigenvalue weighted by Crippen LogP contribution is 2.29. The normalized spacial score (nSPS) is 17.1. The number of halogens is 1. The molecule has 238 valence electrons. The van der Waals surface area contributed by atoms with Gasteiger partial charge in [-0.05, 0) is 54.3 Å². The van der Waals surface area contributed by atoms with E-state index in [1.54, 1.807) is 16.6 Å². The smallest absolute Gasteiger partial charge is 0.415 e. The molecule has 1 saturated heterocycles. The number of fused-ring (bicyclic) bond motifs is 1. The first kappa shape index (κ1) is 32.8.